The van der Waals surface area contributed by atoms with Gasteiger partial charge in [-0.25, -0.2) is 0 Å². The second-order valence-corrected chi connectivity index (χ2v) is 4.85. The topological polar surface area (TPSA) is 81.7 Å². The van der Waals surface area contributed by atoms with Gasteiger partial charge in [0.25, 0.3) is 10.1 Å². The van der Waals surface area contributed by atoms with Gasteiger partial charge in [0.2, 0.25) is 5.91 Å². The standard InChI is InChI=1S/C10H13NO5S/c1-7(12)11-9-5-4-8(15-2)6-10(9)17(13,14)16-3/h4-6H,1-3H3,(H,11,12). The molecule has 94 valence electrons. The van der Waals surface area contributed by atoms with Crippen molar-refractivity contribution < 1.29 is 22.1 Å². The van der Waals surface area contributed by atoms with E-state index in [1.807, 2.05) is 0 Å². The summed E-state index contributed by atoms with van der Waals surface area (Å²) in [6.07, 6.45) is 0. The number of hydrogen-bond donors (Lipinski definition) is 1. The maximum Gasteiger partial charge on any atom is 0.298 e. The first-order chi connectivity index (χ1) is 7.90. The molecule has 0 aliphatic rings. The molecule has 0 atom stereocenters. The minimum Gasteiger partial charge on any atom is -0.497 e. The van der Waals surface area contributed by atoms with Crippen LogP contribution in [0.1, 0.15) is 6.92 Å². The van der Waals surface area contributed by atoms with E-state index >= 15 is 0 Å². The highest BCUT2D eigenvalue weighted by atomic mass is 32.2. The maximum absolute atomic E-state index is 11.6. The van der Waals surface area contributed by atoms with Crippen molar-refractivity contribution in [3.8, 4) is 5.75 Å². The van der Waals surface area contributed by atoms with Crippen molar-refractivity contribution in [2.45, 2.75) is 11.8 Å². The Kier molecular flexibility index (Phi) is 4.08. The lowest BCUT2D eigenvalue weighted by Crippen LogP contribution is -2.12. The van der Waals surface area contributed by atoms with E-state index < -0.39 is 10.1 Å². The van der Waals surface area contributed by atoms with Crippen molar-refractivity contribution in [3.05, 3.63) is 18.2 Å². The maximum atomic E-state index is 11.6. The van der Waals surface area contributed by atoms with Gasteiger partial charge in [0, 0.05) is 13.0 Å². The first kappa shape index (κ1) is 13.5. The number of anilines is 1. The number of amides is 1. The molecule has 0 aliphatic carbocycles. The van der Waals surface area contributed by atoms with Gasteiger partial charge in [0.1, 0.15) is 10.6 Å². The number of rotatable bonds is 4. The van der Waals surface area contributed by atoms with Crippen LogP contribution in [0.25, 0.3) is 0 Å². The molecule has 17 heavy (non-hydrogen) atoms. The average Bonchev–Trinajstić information content (AvgIpc) is 2.28. The van der Waals surface area contributed by atoms with Crippen LogP contribution in [0.2, 0.25) is 0 Å². The molecule has 0 heterocycles. The first-order valence-electron chi connectivity index (χ1n) is 4.67. The second kappa shape index (κ2) is 5.15. The van der Waals surface area contributed by atoms with E-state index in [4.69, 9.17) is 4.74 Å². The highest BCUT2D eigenvalue weighted by Gasteiger charge is 2.19. The monoisotopic (exact) mass is 259 g/mol. The molecule has 1 rings (SSSR count). The molecule has 0 saturated carbocycles. The number of ether oxygens (including phenoxy) is 1. The van der Waals surface area contributed by atoms with Gasteiger partial charge in [-0.05, 0) is 12.1 Å². The number of hydrogen-bond acceptors (Lipinski definition) is 5. The zero-order valence-electron chi connectivity index (χ0n) is 9.68. The first-order valence-corrected chi connectivity index (χ1v) is 6.08. The fourth-order valence-electron chi connectivity index (χ4n) is 1.22. The number of methoxy groups -OCH3 is 1. The summed E-state index contributed by atoms with van der Waals surface area (Å²) in [5, 5.41) is 2.41. The van der Waals surface area contributed by atoms with Crippen molar-refractivity contribution in [2.24, 2.45) is 0 Å². The van der Waals surface area contributed by atoms with Crippen LogP contribution in [0.4, 0.5) is 5.69 Å². The molecule has 7 heteroatoms. The summed E-state index contributed by atoms with van der Waals surface area (Å²) in [6, 6.07) is 4.26. The lowest BCUT2D eigenvalue weighted by molar-refractivity contribution is -0.114. The van der Waals surface area contributed by atoms with Gasteiger partial charge in [0.05, 0.1) is 19.9 Å². The summed E-state index contributed by atoms with van der Waals surface area (Å²) >= 11 is 0. The van der Waals surface area contributed by atoms with E-state index in [0.29, 0.717) is 5.75 Å². The van der Waals surface area contributed by atoms with Crippen LogP contribution in [0.5, 0.6) is 5.75 Å². The Morgan fingerprint density at radius 3 is 2.41 bits per heavy atom. The number of carbonyl (C=O) groups is 1. The highest BCUT2D eigenvalue weighted by molar-refractivity contribution is 7.87. The summed E-state index contributed by atoms with van der Waals surface area (Å²) < 4.78 is 32.6. The second-order valence-electron chi connectivity index (χ2n) is 3.16. The van der Waals surface area contributed by atoms with E-state index in [0.717, 1.165) is 7.11 Å². The summed E-state index contributed by atoms with van der Waals surface area (Å²) in [4.78, 5) is 10.8. The molecule has 6 nitrogen and oxygen atoms in total. The highest BCUT2D eigenvalue weighted by Crippen LogP contribution is 2.27. The third kappa shape index (κ3) is 3.18. The smallest absolute Gasteiger partial charge is 0.298 e. The van der Waals surface area contributed by atoms with E-state index in [1.165, 1.54) is 26.2 Å². The van der Waals surface area contributed by atoms with Crippen LogP contribution in [0.15, 0.2) is 23.1 Å². The fourth-order valence-corrected chi connectivity index (χ4v) is 2.05. The molecule has 0 unspecified atom stereocenters. The summed E-state index contributed by atoms with van der Waals surface area (Å²) in [5.41, 5.74) is 0.153. The molecule has 0 bridgehead atoms. The molecule has 1 amide bonds. The van der Waals surface area contributed by atoms with Crippen LogP contribution in [0, 0.1) is 0 Å². The summed E-state index contributed by atoms with van der Waals surface area (Å²) in [6.45, 7) is 1.29. The molecule has 1 N–H and O–H groups in total. The summed E-state index contributed by atoms with van der Waals surface area (Å²) in [5.74, 6) is -0.0163. The molecule has 1 aromatic carbocycles. The molecule has 0 fully saturated rings. The Balaban J connectivity index is 3.36. The SMILES string of the molecule is COc1ccc(NC(C)=O)c(S(=O)(=O)OC)c1. The Labute approximate surface area is 99.7 Å². The molecule has 1 aromatic rings. The lowest BCUT2D eigenvalue weighted by atomic mass is 10.3. The molecule has 0 spiro atoms. The van der Waals surface area contributed by atoms with Crippen LogP contribution < -0.4 is 10.1 Å². The zero-order chi connectivity index (χ0) is 13.1. The third-order valence-electron chi connectivity index (χ3n) is 1.99. The van der Waals surface area contributed by atoms with Crippen LogP contribution in [-0.2, 0) is 19.1 Å². The van der Waals surface area contributed by atoms with E-state index in [2.05, 4.69) is 9.50 Å². The largest absolute Gasteiger partial charge is 0.497 e. The molecule has 0 saturated heterocycles. The normalized spacial score (nSPS) is 11.0. The number of nitrogens with one attached hydrogen (secondary N) is 1. The Morgan fingerprint density at radius 1 is 1.29 bits per heavy atom. The van der Waals surface area contributed by atoms with Crippen molar-refractivity contribution in [1.82, 2.24) is 0 Å². The minimum atomic E-state index is -3.90. The van der Waals surface area contributed by atoms with Crippen LogP contribution in [-0.4, -0.2) is 28.5 Å². The van der Waals surface area contributed by atoms with Crippen molar-refractivity contribution in [3.63, 3.8) is 0 Å². The lowest BCUT2D eigenvalue weighted by Gasteiger charge is -2.10. The Morgan fingerprint density at radius 2 is 1.94 bits per heavy atom. The van der Waals surface area contributed by atoms with Crippen molar-refractivity contribution in [2.75, 3.05) is 19.5 Å². The van der Waals surface area contributed by atoms with Gasteiger partial charge in [-0.15, -0.1) is 0 Å². The van der Waals surface area contributed by atoms with Crippen molar-refractivity contribution >= 4 is 21.7 Å². The minimum absolute atomic E-state index is 0.144. The number of carbonyl (C=O) groups excluding carboxylic acids is 1. The van der Waals surface area contributed by atoms with Gasteiger partial charge < -0.3 is 10.1 Å². The predicted molar refractivity (Wildman–Crippen MR) is 61.5 cm³/mol. The predicted octanol–water partition coefficient (Wildman–Crippen LogP) is 0.989. The molecule has 0 aliphatic heterocycles. The van der Waals surface area contributed by atoms with E-state index in [1.54, 1.807) is 6.07 Å². The summed E-state index contributed by atoms with van der Waals surface area (Å²) in [7, 11) is -1.44. The van der Waals surface area contributed by atoms with Gasteiger partial charge in [-0.2, -0.15) is 8.42 Å². The molecular weight excluding hydrogens is 246 g/mol. The van der Waals surface area contributed by atoms with Crippen LogP contribution in [0.3, 0.4) is 0 Å². The van der Waals surface area contributed by atoms with Gasteiger partial charge in [-0.3, -0.25) is 8.98 Å². The van der Waals surface area contributed by atoms with Gasteiger partial charge >= 0.3 is 0 Å². The van der Waals surface area contributed by atoms with Gasteiger partial charge in [0.15, 0.2) is 0 Å². The average molecular weight is 259 g/mol. The van der Waals surface area contributed by atoms with E-state index in [9.17, 15) is 13.2 Å². The quantitative estimate of drug-likeness (QED) is 0.815. The Bertz CT molecular complexity index is 523. The molecule has 0 aromatic heterocycles. The molecular formula is C10H13NO5S. The fraction of sp³-hybridized carbons (Fsp3) is 0.300. The Hall–Kier alpha value is -1.60. The van der Waals surface area contributed by atoms with Crippen LogP contribution >= 0.6 is 0 Å². The third-order valence-corrected chi connectivity index (χ3v) is 3.30. The van der Waals surface area contributed by atoms with E-state index in [-0.39, 0.29) is 16.5 Å². The van der Waals surface area contributed by atoms with Crippen molar-refractivity contribution in [1.29, 1.82) is 0 Å². The van der Waals surface area contributed by atoms with Gasteiger partial charge in [-0.1, -0.05) is 0 Å². The number of benzene rings is 1. The zero-order valence-corrected chi connectivity index (χ0v) is 10.5. The molecule has 0 radical (unpaired) electrons.